The summed E-state index contributed by atoms with van der Waals surface area (Å²) in [5.41, 5.74) is 0.854. The SMILES string of the molecule is CBr.CN1C2C=CC1CC(OC(=O)C1(C)c3ccccc3Oc3ccccc31)C2. The molecule has 1 fully saturated rings. The summed E-state index contributed by atoms with van der Waals surface area (Å²) in [6.45, 7) is 1.96. The highest BCUT2D eigenvalue weighted by molar-refractivity contribution is 9.08. The van der Waals surface area contributed by atoms with Crippen LogP contribution < -0.4 is 4.74 Å². The lowest BCUT2D eigenvalue weighted by molar-refractivity contribution is -0.157. The molecule has 0 saturated carbocycles. The number of alkyl halides is 1. The number of piperidine rings is 1. The molecule has 0 radical (unpaired) electrons. The minimum atomic E-state index is -0.874. The predicted octanol–water partition coefficient (Wildman–Crippen LogP) is 5.05. The predicted molar refractivity (Wildman–Crippen MR) is 118 cm³/mol. The Morgan fingerprint density at radius 1 is 1.00 bits per heavy atom. The number of carbonyl (C=O) groups is 1. The van der Waals surface area contributed by atoms with Crippen LogP contribution in [0.4, 0.5) is 0 Å². The lowest BCUT2D eigenvalue weighted by atomic mass is 9.74. The largest absolute Gasteiger partial charge is 0.461 e. The maximum atomic E-state index is 13.5. The van der Waals surface area contributed by atoms with Gasteiger partial charge in [-0.25, -0.2) is 0 Å². The van der Waals surface area contributed by atoms with Gasteiger partial charge in [-0.15, -0.1) is 0 Å². The van der Waals surface area contributed by atoms with Gasteiger partial charge in [0.15, 0.2) is 0 Å². The van der Waals surface area contributed by atoms with Gasteiger partial charge in [0.2, 0.25) is 0 Å². The third-order valence-corrected chi connectivity index (χ3v) is 6.36. The van der Waals surface area contributed by atoms with Gasteiger partial charge >= 0.3 is 5.97 Å². The van der Waals surface area contributed by atoms with Crippen LogP contribution in [0.15, 0.2) is 60.7 Å². The number of rotatable bonds is 2. The van der Waals surface area contributed by atoms with Crippen molar-refractivity contribution < 1.29 is 14.3 Å². The Balaban J connectivity index is 0.000000994. The van der Waals surface area contributed by atoms with Gasteiger partial charge < -0.3 is 9.47 Å². The summed E-state index contributed by atoms with van der Waals surface area (Å²) in [4.78, 5) is 15.9. The van der Waals surface area contributed by atoms with Gasteiger partial charge in [0.25, 0.3) is 0 Å². The highest BCUT2D eigenvalue weighted by Crippen LogP contribution is 2.48. The first-order valence-corrected chi connectivity index (χ1v) is 11.5. The Hall–Kier alpha value is -2.11. The minimum absolute atomic E-state index is 0.0577. The number of para-hydroxylation sites is 2. The van der Waals surface area contributed by atoms with Crippen LogP contribution in [0, 0.1) is 0 Å². The third kappa shape index (κ3) is 3.30. The molecule has 2 aromatic carbocycles. The summed E-state index contributed by atoms with van der Waals surface area (Å²) >= 11 is 2.94. The molecular weight excluding hydrogens is 430 g/mol. The molecule has 29 heavy (non-hydrogen) atoms. The third-order valence-electron chi connectivity index (χ3n) is 6.36. The van der Waals surface area contributed by atoms with Crippen molar-refractivity contribution in [3.63, 3.8) is 0 Å². The molecule has 2 atom stereocenters. The Morgan fingerprint density at radius 2 is 1.48 bits per heavy atom. The standard InChI is InChI=1S/C23H23NO3.CH3Br/c1-23(22(25)26-17-13-15-11-12-16(14-17)24(15)2)18-7-3-5-9-20(18)27-21-10-6-4-8-19(21)23;1-2/h3-12,15-17H,13-14H2,1-2H3;1H3. The molecule has 5 heteroatoms. The number of benzene rings is 2. The molecular formula is C24H26BrNO3. The summed E-state index contributed by atoms with van der Waals surface area (Å²) in [5.74, 6) is 3.06. The van der Waals surface area contributed by atoms with E-state index in [1.165, 1.54) is 0 Å². The van der Waals surface area contributed by atoms with E-state index in [4.69, 9.17) is 9.47 Å². The summed E-state index contributed by atoms with van der Waals surface area (Å²) in [5, 5.41) is 0. The van der Waals surface area contributed by atoms with Crippen LogP contribution in [-0.2, 0) is 14.9 Å². The van der Waals surface area contributed by atoms with Crippen molar-refractivity contribution in [2.24, 2.45) is 0 Å². The number of likely N-dealkylation sites (N-methyl/N-ethyl adjacent to an activating group) is 1. The summed E-state index contributed by atoms with van der Waals surface area (Å²) in [6.07, 6.45) is 6.12. The van der Waals surface area contributed by atoms with E-state index in [0.717, 1.165) is 35.5 Å². The second kappa shape index (κ2) is 7.96. The summed E-state index contributed by atoms with van der Waals surface area (Å²) < 4.78 is 12.2. The van der Waals surface area contributed by atoms with Crippen LogP contribution in [0.5, 0.6) is 11.5 Å². The molecule has 0 aliphatic carbocycles. The molecule has 2 unspecified atom stereocenters. The first-order valence-electron chi connectivity index (χ1n) is 9.93. The molecule has 0 spiro atoms. The monoisotopic (exact) mass is 455 g/mol. The van der Waals surface area contributed by atoms with Crippen LogP contribution in [0.2, 0.25) is 0 Å². The molecule has 0 amide bonds. The van der Waals surface area contributed by atoms with E-state index in [2.05, 4.69) is 40.0 Å². The molecule has 2 aromatic rings. The van der Waals surface area contributed by atoms with Crippen molar-refractivity contribution in [2.75, 3.05) is 12.9 Å². The number of hydrogen-bond acceptors (Lipinski definition) is 4. The average molecular weight is 456 g/mol. The molecule has 3 heterocycles. The number of fused-ring (bicyclic) bond motifs is 4. The molecule has 2 bridgehead atoms. The minimum Gasteiger partial charge on any atom is -0.461 e. The van der Waals surface area contributed by atoms with E-state index >= 15 is 0 Å². The number of nitrogens with zero attached hydrogens (tertiary/aromatic N) is 1. The van der Waals surface area contributed by atoms with Crippen LogP contribution in [0.25, 0.3) is 0 Å². The Kier molecular flexibility index (Phi) is 5.54. The summed E-state index contributed by atoms with van der Waals surface area (Å²) in [7, 11) is 2.14. The Labute approximate surface area is 180 Å². The first kappa shape index (κ1) is 20.2. The first-order chi connectivity index (χ1) is 14.1. The van der Waals surface area contributed by atoms with Gasteiger partial charge in [-0.05, 0) is 31.9 Å². The van der Waals surface area contributed by atoms with Crippen molar-refractivity contribution in [1.82, 2.24) is 4.90 Å². The molecule has 5 rings (SSSR count). The second-order valence-corrected chi connectivity index (χ2v) is 7.90. The van der Waals surface area contributed by atoms with Gasteiger partial charge in [-0.3, -0.25) is 9.69 Å². The van der Waals surface area contributed by atoms with E-state index in [1.807, 2.05) is 61.3 Å². The zero-order chi connectivity index (χ0) is 20.6. The normalized spacial score (nSPS) is 25.7. The van der Waals surface area contributed by atoms with Gasteiger partial charge in [-0.1, -0.05) is 64.5 Å². The highest BCUT2D eigenvalue weighted by atomic mass is 79.9. The van der Waals surface area contributed by atoms with Crippen molar-refractivity contribution >= 4 is 21.9 Å². The Bertz CT molecular complexity index is 880. The molecule has 3 aliphatic heterocycles. The second-order valence-electron chi connectivity index (χ2n) is 7.90. The quantitative estimate of drug-likeness (QED) is 0.360. The van der Waals surface area contributed by atoms with Gasteiger partial charge in [-0.2, -0.15) is 0 Å². The Morgan fingerprint density at radius 3 is 2.00 bits per heavy atom. The van der Waals surface area contributed by atoms with Crippen LogP contribution in [0.3, 0.4) is 0 Å². The zero-order valence-corrected chi connectivity index (χ0v) is 18.6. The van der Waals surface area contributed by atoms with Crippen molar-refractivity contribution in [3.05, 3.63) is 71.8 Å². The van der Waals surface area contributed by atoms with Crippen molar-refractivity contribution in [1.29, 1.82) is 0 Å². The van der Waals surface area contributed by atoms with E-state index in [1.54, 1.807) is 0 Å². The number of hydrogen-bond donors (Lipinski definition) is 0. The maximum absolute atomic E-state index is 13.5. The van der Waals surface area contributed by atoms with E-state index < -0.39 is 5.41 Å². The van der Waals surface area contributed by atoms with Crippen molar-refractivity contribution in [3.8, 4) is 11.5 Å². The average Bonchev–Trinajstić information content (AvgIpc) is 2.96. The smallest absolute Gasteiger partial charge is 0.321 e. The van der Waals surface area contributed by atoms with E-state index in [9.17, 15) is 4.79 Å². The lowest BCUT2D eigenvalue weighted by Gasteiger charge is -2.39. The molecule has 4 nitrogen and oxygen atoms in total. The van der Waals surface area contributed by atoms with E-state index in [0.29, 0.717) is 12.1 Å². The molecule has 1 saturated heterocycles. The molecule has 0 aromatic heterocycles. The number of ether oxygens (including phenoxy) is 2. The van der Waals surface area contributed by atoms with E-state index in [-0.39, 0.29) is 12.1 Å². The molecule has 3 aliphatic rings. The number of esters is 1. The van der Waals surface area contributed by atoms with Crippen molar-refractivity contribution in [2.45, 2.75) is 43.4 Å². The van der Waals surface area contributed by atoms with Crippen LogP contribution in [0.1, 0.15) is 30.9 Å². The van der Waals surface area contributed by atoms with Gasteiger partial charge in [0.1, 0.15) is 23.0 Å². The highest BCUT2D eigenvalue weighted by Gasteiger charge is 2.47. The molecule has 152 valence electrons. The van der Waals surface area contributed by atoms with Crippen LogP contribution >= 0.6 is 15.9 Å². The van der Waals surface area contributed by atoms with Gasteiger partial charge in [0.05, 0.1) is 0 Å². The van der Waals surface area contributed by atoms with Crippen LogP contribution in [-0.4, -0.2) is 41.9 Å². The maximum Gasteiger partial charge on any atom is 0.321 e. The number of carbonyl (C=O) groups excluding carboxylic acids is 1. The van der Waals surface area contributed by atoms with Gasteiger partial charge in [0, 0.05) is 36.1 Å². The topological polar surface area (TPSA) is 38.8 Å². The fourth-order valence-electron chi connectivity index (χ4n) is 4.68. The fraction of sp³-hybridized carbons (Fsp3) is 0.375. The fourth-order valence-corrected chi connectivity index (χ4v) is 4.68. The lowest BCUT2D eigenvalue weighted by Crippen LogP contribution is -2.46. The summed E-state index contributed by atoms with van der Waals surface area (Å²) in [6, 6.07) is 16.2. The zero-order valence-electron chi connectivity index (χ0n) is 17.0. The molecule has 0 N–H and O–H groups in total. The number of halogens is 1.